The van der Waals surface area contributed by atoms with Crippen LogP contribution in [0.5, 0.6) is 11.5 Å². The standard InChI is InChI=1S/C16H19N3O2/c1-17-11-12-5-4-6-13(9-12)21-14-7-8-18-15(10-14)16(20)19(2)3/h4-10,17H,11H2,1-3H3. The maximum Gasteiger partial charge on any atom is 0.272 e. The molecule has 2 rings (SSSR count). The van der Waals surface area contributed by atoms with E-state index in [1.807, 2.05) is 31.3 Å². The van der Waals surface area contributed by atoms with Gasteiger partial charge in [0.05, 0.1) is 0 Å². The molecule has 1 N–H and O–H groups in total. The van der Waals surface area contributed by atoms with E-state index in [0.29, 0.717) is 11.4 Å². The van der Waals surface area contributed by atoms with Gasteiger partial charge in [0, 0.05) is 32.9 Å². The Labute approximate surface area is 124 Å². The van der Waals surface area contributed by atoms with E-state index in [2.05, 4.69) is 10.3 Å². The number of carbonyl (C=O) groups excluding carboxylic acids is 1. The van der Waals surface area contributed by atoms with Crippen LogP contribution in [0, 0.1) is 0 Å². The van der Waals surface area contributed by atoms with Gasteiger partial charge >= 0.3 is 0 Å². The maximum atomic E-state index is 11.9. The average Bonchev–Trinajstić information content (AvgIpc) is 2.47. The first-order valence-corrected chi connectivity index (χ1v) is 6.69. The Balaban J connectivity index is 2.18. The number of carbonyl (C=O) groups is 1. The molecule has 1 aromatic carbocycles. The second kappa shape index (κ2) is 6.85. The summed E-state index contributed by atoms with van der Waals surface area (Å²) in [5, 5.41) is 3.10. The van der Waals surface area contributed by atoms with Crippen LogP contribution in [0.25, 0.3) is 0 Å². The van der Waals surface area contributed by atoms with Gasteiger partial charge < -0.3 is 15.0 Å². The van der Waals surface area contributed by atoms with Gasteiger partial charge in [0.2, 0.25) is 0 Å². The van der Waals surface area contributed by atoms with Gasteiger partial charge in [-0.15, -0.1) is 0 Å². The van der Waals surface area contributed by atoms with E-state index in [1.165, 1.54) is 4.90 Å². The lowest BCUT2D eigenvalue weighted by Crippen LogP contribution is -2.22. The van der Waals surface area contributed by atoms with Crippen molar-refractivity contribution in [3.8, 4) is 11.5 Å². The summed E-state index contributed by atoms with van der Waals surface area (Å²) in [7, 11) is 5.28. The van der Waals surface area contributed by atoms with Crippen LogP contribution >= 0.6 is 0 Å². The molecule has 0 aliphatic heterocycles. The molecule has 1 amide bonds. The van der Waals surface area contributed by atoms with Gasteiger partial charge in [-0.1, -0.05) is 12.1 Å². The Hall–Kier alpha value is -2.40. The topological polar surface area (TPSA) is 54.5 Å². The number of benzene rings is 1. The molecule has 21 heavy (non-hydrogen) atoms. The largest absolute Gasteiger partial charge is 0.457 e. The third-order valence-corrected chi connectivity index (χ3v) is 2.87. The zero-order valence-electron chi connectivity index (χ0n) is 12.5. The molecule has 0 aliphatic rings. The Morgan fingerprint density at radius 2 is 2.00 bits per heavy atom. The molecule has 0 saturated heterocycles. The van der Waals surface area contributed by atoms with E-state index in [-0.39, 0.29) is 5.91 Å². The predicted octanol–water partition coefficient (Wildman–Crippen LogP) is 2.30. The van der Waals surface area contributed by atoms with Gasteiger partial charge in [-0.05, 0) is 30.8 Å². The van der Waals surface area contributed by atoms with Crippen molar-refractivity contribution in [3.05, 3.63) is 53.9 Å². The first-order chi connectivity index (χ1) is 10.1. The molecule has 5 nitrogen and oxygen atoms in total. The molecule has 0 bridgehead atoms. The molecule has 1 aromatic heterocycles. The van der Waals surface area contributed by atoms with Gasteiger partial charge in [0.15, 0.2) is 0 Å². The number of nitrogens with zero attached hydrogens (tertiary/aromatic N) is 2. The molecule has 0 fully saturated rings. The van der Waals surface area contributed by atoms with E-state index in [9.17, 15) is 4.79 Å². The van der Waals surface area contributed by atoms with Gasteiger partial charge in [-0.3, -0.25) is 9.78 Å². The molecule has 2 aromatic rings. The van der Waals surface area contributed by atoms with Crippen LogP contribution < -0.4 is 10.1 Å². The lowest BCUT2D eigenvalue weighted by atomic mass is 10.2. The smallest absolute Gasteiger partial charge is 0.272 e. The first-order valence-electron chi connectivity index (χ1n) is 6.69. The van der Waals surface area contributed by atoms with Crippen molar-refractivity contribution >= 4 is 5.91 Å². The number of rotatable bonds is 5. The summed E-state index contributed by atoms with van der Waals surface area (Å²) in [6, 6.07) is 11.2. The third-order valence-electron chi connectivity index (χ3n) is 2.87. The zero-order valence-corrected chi connectivity index (χ0v) is 12.5. The highest BCUT2D eigenvalue weighted by Crippen LogP contribution is 2.22. The van der Waals surface area contributed by atoms with Gasteiger partial charge in [0.1, 0.15) is 17.2 Å². The van der Waals surface area contributed by atoms with Crippen molar-refractivity contribution in [2.24, 2.45) is 0 Å². The summed E-state index contributed by atoms with van der Waals surface area (Å²) in [4.78, 5) is 17.4. The average molecular weight is 285 g/mol. The highest BCUT2D eigenvalue weighted by atomic mass is 16.5. The number of hydrogen-bond donors (Lipinski definition) is 1. The number of aromatic nitrogens is 1. The van der Waals surface area contributed by atoms with Gasteiger partial charge in [-0.2, -0.15) is 0 Å². The Morgan fingerprint density at radius 3 is 2.71 bits per heavy atom. The molecular formula is C16H19N3O2. The highest BCUT2D eigenvalue weighted by molar-refractivity contribution is 5.92. The molecule has 5 heteroatoms. The van der Waals surface area contributed by atoms with Crippen molar-refractivity contribution in [1.29, 1.82) is 0 Å². The fourth-order valence-electron chi connectivity index (χ4n) is 1.88. The van der Waals surface area contributed by atoms with Crippen molar-refractivity contribution in [2.75, 3.05) is 21.1 Å². The lowest BCUT2D eigenvalue weighted by Gasteiger charge is -2.11. The molecule has 0 unspecified atom stereocenters. The Bertz CT molecular complexity index is 626. The fourth-order valence-corrected chi connectivity index (χ4v) is 1.88. The van der Waals surface area contributed by atoms with Gasteiger partial charge in [0.25, 0.3) is 5.91 Å². The van der Waals surface area contributed by atoms with Crippen LogP contribution in [0.15, 0.2) is 42.6 Å². The van der Waals surface area contributed by atoms with Crippen molar-refractivity contribution in [2.45, 2.75) is 6.54 Å². The summed E-state index contributed by atoms with van der Waals surface area (Å²) >= 11 is 0. The molecule has 0 aliphatic carbocycles. The second-order valence-corrected chi connectivity index (χ2v) is 4.86. The van der Waals surface area contributed by atoms with E-state index in [1.54, 1.807) is 32.4 Å². The predicted molar refractivity (Wildman–Crippen MR) is 81.5 cm³/mol. The molecular weight excluding hydrogens is 266 g/mol. The molecule has 0 atom stereocenters. The zero-order chi connectivity index (χ0) is 15.2. The van der Waals surface area contributed by atoms with Crippen molar-refractivity contribution in [3.63, 3.8) is 0 Å². The fraction of sp³-hybridized carbons (Fsp3) is 0.250. The normalized spacial score (nSPS) is 10.2. The summed E-state index contributed by atoms with van der Waals surface area (Å²) in [6.45, 7) is 0.776. The van der Waals surface area contributed by atoms with E-state index < -0.39 is 0 Å². The molecule has 1 heterocycles. The van der Waals surface area contributed by atoms with Crippen LogP contribution in [0.2, 0.25) is 0 Å². The molecule has 0 saturated carbocycles. The Kier molecular flexibility index (Phi) is 4.90. The van der Waals surface area contributed by atoms with E-state index >= 15 is 0 Å². The highest BCUT2D eigenvalue weighted by Gasteiger charge is 2.10. The summed E-state index contributed by atoms with van der Waals surface area (Å²) in [5.41, 5.74) is 1.50. The number of nitrogens with one attached hydrogen (secondary N) is 1. The van der Waals surface area contributed by atoms with Crippen LogP contribution in [0.4, 0.5) is 0 Å². The molecule has 110 valence electrons. The van der Waals surface area contributed by atoms with E-state index in [4.69, 9.17) is 4.74 Å². The summed E-state index contributed by atoms with van der Waals surface area (Å²) in [5.74, 6) is 1.18. The summed E-state index contributed by atoms with van der Waals surface area (Å²) in [6.07, 6.45) is 1.57. The van der Waals surface area contributed by atoms with Crippen molar-refractivity contribution < 1.29 is 9.53 Å². The third kappa shape index (κ3) is 4.03. The SMILES string of the molecule is CNCc1cccc(Oc2ccnc(C(=O)N(C)C)c2)c1. The monoisotopic (exact) mass is 285 g/mol. The maximum absolute atomic E-state index is 11.9. The summed E-state index contributed by atoms with van der Waals surface area (Å²) < 4.78 is 5.80. The second-order valence-electron chi connectivity index (χ2n) is 4.86. The molecule has 0 radical (unpaired) electrons. The minimum Gasteiger partial charge on any atom is -0.457 e. The number of hydrogen-bond acceptors (Lipinski definition) is 4. The van der Waals surface area contributed by atoms with Crippen LogP contribution in [0.3, 0.4) is 0 Å². The number of pyridine rings is 1. The minimum absolute atomic E-state index is 0.149. The van der Waals surface area contributed by atoms with Crippen LogP contribution in [0.1, 0.15) is 16.1 Å². The van der Waals surface area contributed by atoms with Crippen LogP contribution in [-0.2, 0) is 6.54 Å². The number of amides is 1. The number of ether oxygens (including phenoxy) is 1. The first kappa shape index (κ1) is 15.0. The minimum atomic E-state index is -0.149. The van der Waals surface area contributed by atoms with Gasteiger partial charge in [-0.25, -0.2) is 0 Å². The lowest BCUT2D eigenvalue weighted by molar-refractivity contribution is 0.0821. The molecule has 0 spiro atoms. The van der Waals surface area contributed by atoms with E-state index in [0.717, 1.165) is 17.9 Å². The Morgan fingerprint density at radius 1 is 1.24 bits per heavy atom. The van der Waals surface area contributed by atoms with Crippen LogP contribution in [-0.4, -0.2) is 36.9 Å². The quantitative estimate of drug-likeness (QED) is 0.916. The van der Waals surface area contributed by atoms with Crippen molar-refractivity contribution in [1.82, 2.24) is 15.2 Å².